The number of unbranched alkanes of at least 4 members (excludes halogenated alkanes) is 12. The first-order chi connectivity index (χ1) is 17.6. The van der Waals surface area contributed by atoms with Crippen LogP contribution in [0, 0.1) is 0 Å². The van der Waals surface area contributed by atoms with Crippen molar-refractivity contribution in [3.8, 4) is 16.9 Å². The molecule has 0 aromatic heterocycles. The maximum absolute atomic E-state index is 12.3. The van der Waals surface area contributed by atoms with Gasteiger partial charge < -0.3 is 9.47 Å². The van der Waals surface area contributed by atoms with Gasteiger partial charge in [-0.05, 0) is 48.6 Å². The fraction of sp³-hybridized carbons (Fsp3) is 0.606. The second-order valence-electron chi connectivity index (χ2n) is 10.1. The third-order valence-corrected chi connectivity index (χ3v) is 6.88. The van der Waals surface area contributed by atoms with Gasteiger partial charge in [0.2, 0.25) is 0 Å². The molecule has 0 radical (unpaired) electrons. The second kappa shape index (κ2) is 18.9. The van der Waals surface area contributed by atoms with E-state index in [4.69, 9.17) is 9.47 Å². The lowest BCUT2D eigenvalue weighted by atomic mass is 10.0. The number of rotatable bonds is 20. The molecule has 1 unspecified atom stereocenters. The molecular formula is C33H50O3. The second-order valence-corrected chi connectivity index (χ2v) is 10.1. The molecule has 0 aliphatic rings. The molecule has 3 heteroatoms. The Labute approximate surface area is 221 Å². The van der Waals surface area contributed by atoms with Crippen LogP contribution in [-0.4, -0.2) is 12.6 Å². The summed E-state index contributed by atoms with van der Waals surface area (Å²) in [4.78, 5) is 12.3. The fourth-order valence-electron chi connectivity index (χ4n) is 4.49. The van der Waals surface area contributed by atoms with Crippen LogP contribution in [0.5, 0.6) is 5.75 Å². The number of carbonyl (C=O) groups is 1. The molecule has 200 valence electrons. The van der Waals surface area contributed by atoms with Gasteiger partial charge in [0.05, 0.1) is 6.61 Å². The number of ether oxygens (including phenoxy) is 2. The van der Waals surface area contributed by atoms with Gasteiger partial charge >= 0.3 is 5.97 Å². The zero-order valence-corrected chi connectivity index (χ0v) is 23.2. The molecule has 0 spiro atoms. The Morgan fingerprint density at radius 3 is 1.67 bits per heavy atom. The first kappa shape index (κ1) is 29.9. The van der Waals surface area contributed by atoms with Crippen molar-refractivity contribution in [3.05, 3.63) is 54.1 Å². The molecule has 3 nitrogen and oxygen atoms in total. The highest BCUT2D eigenvalue weighted by Gasteiger charge is 2.12. The Bertz CT molecular complexity index is 810. The summed E-state index contributed by atoms with van der Waals surface area (Å²) in [6.45, 7) is 7.20. The summed E-state index contributed by atoms with van der Waals surface area (Å²) in [6, 6.07) is 16.6. The van der Waals surface area contributed by atoms with Crippen LogP contribution in [0.1, 0.15) is 129 Å². The SMILES string of the molecule is CCCCCCCCCCCCCC(=O)OC(C)c1ccc(-c2ccc(OCCCCC)cc2)cc1. The smallest absolute Gasteiger partial charge is 0.306 e. The van der Waals surface area contributed by atoms with E-state index in [1.807, 2.05) is 19.1 Å². The summed E-state index contributed by atoms with van der Waals surface area (Å²) in [5, 5.41) is 0. The number of esters is 1. The Kier molecular flexibility index (Phi) is 15.7. The lowest BCUT2D eigenvalue weighted by Crippen LogP contribution is -2.08. The van der Waals surface area contributed by atoms with E-state index < -0.39 is 0 Å². The van der Waals surface area contributed by atoms with Crippen molar-refractivity contribution >= 4 is 5.97 Å². The third kappa shape index (κ3) is 12.6. The molecule has 2 rings (SSSR count). The number of hydrogen-bond donors (Lipinski definition) is 0. The van der Waals surface area contributed by atoms with Gasteiger partial charge in [-0.1, -0.05) is 127 Å². The molecule has 0 amide bonds. The van der Waals surface area contributed by atoms with Crippen LogP contribution in [-0.2, 0) is 9.53 Å². The van der Waals surface area contributed by atoms with Gasteiger partial charge in [0.25, 0.3) is 0 Å². The van der Waals surface area contributed by atoms with E-state index in [1.54, 1.807) is 0 Å². The topological polar surface area (TPSA) is 35.5 Å². The van der Waals surface area contributed by atoms with Crippen LogP contribution in [0.2, 0.25) is 0 Å². The maximum atomic E-state index is 12.3. The molecule has 0 aliphatic carbocycles. The minimum atomic E-state index is -0.224. The Morgan fingerprint density at radius 2 is 1.11 bits per heavy atom. The molecule has 1 atom stereocenters. The van der Waals surface area contributed by atoms with Crippen molar-refractivity contribution in [1.29, 1.82) is 0 Å². The van der Waals surface area contributed by atoms with Crippen LogP contribution in [0.25, 0.3) is 11.1 Å². The highest BCUT2D eigenvalue weighted by atomic mass is 16.5. The van der Waals surface area contributed by atoms with Crippen molar-refractivity contribution in [2.24, 2.45) is 0 Å². The van der Waals surface area contributed by atoms with Crippen LogP contribution in [0.3, 0.4) is 0 Å². The van der Waals surface area contributed by atoms with Gasteiger partial charge in [-0.15, -0.1) is 0 Å². The van der Waals surface area contributed by atoms with E-state index >= 15 is 0 Å². The van der Waals surface area contributed by atoms with Crippen molar-refractivity contribution in [3.63, 3.8) is 0 Å². The molecule has 0 fully saturated rings. The average molecular weight is 495 g/mol. The van der Waals surface area contributed by atoms with E-state index in [9.17, 15) is 4.79 Å². The Morgan fingerprint density at radius 1 is 0.639 bits per heavy atom. The van der Waals surface area contributed by atoms with E-state index in [2.05, 4.69) is 50.2 Å². The largest absolute Gasteiger partial charge is 0.494 e. The molecular weight excluding hydrogens is 444 g/mol. The zero-order chi connectivity index (χ0) is 25.8. The van der Waals surface area contributed by atoms with Crippen LogP contribution >= 0.6 is 0 Å². The lowest BCUT2D eigenvalue weighted by Gasteiger charge is -2.14. The standard InChI is InChI=1S/C33H50O3/c1-4-6-8-9-10-11-12-13-14-15-16-18-33(34)36-28(3)29-19-21-30(22-20-29)31-23-25-32(26-24-31)35-27-17-7-5-2/h19-26,28H,4-18,27H2,1-3H3. The highest BCUT2D eigenvalue weighted by Crippen LogP contribution is 2.26. The lowest BCUT2D eigenvalue weighted by molar-refractivity contribution is -0.148. The normalized spacial score (nSPS) is 11.9. The van der Waals surface area contributed by atoms with Crippen LogP contribution in [0.15, 0.2) is 48.5 Å². The average Bonchev–Trinajstić information content (AvgIpc) is 2.90. The molecule has 36 heavy (non-hydrogen) atoms. The predicted molar refractivity (Wildman–Crippen MR) is 152 cm³/mol. The van der Waals surface area contributed by atoms with Gasteiger partial charge in [-0.25, -0.2) is 0 Å². The summed E-state index contributed by atoms with van der Waals surface area (Å²) < 4.78 is 11.5. The third-order valence-electron chi connectivity index (χ3n) is 6.88. The summed E-state index contributed by atoms with van der Waals surface area (Å²) in [7, 11) is 0. The molecule has 2 aromatic carbocycles. The highest BCUT2D eigenvalue weighted by molar-refractivity contribution is 5.69. The molecule has 0 saturated heterocycles. The first-order valence-corrected chi connectivity index (χ1v) is 14.7. The summed E-state index contributed by atoms with van der Waals surface area (Å²) in [5.74, 6) is 0.835. The minimum absolute atomic E-state index is 0.0861. The van der Waals surface area contributed by atoms with Gasteiger partial charge in [-0.2, -0.15) is 0 Å². The van der Waals surface area contributed by atoms with Crippen LogP contribution in [0.4, 0.5) is 0 Å². The Balaban J connectivity index is 1.62. The molecule has 0 N–H and O–H groups in total. The zero-order valence-electron chi connectivity index (χ0n) is 23.2. The van der Waals surface area contributed by atoms with Crippen molar-refractivity contribution < 1.29 is 14.3 Å². The summed E-state index contributed by atoms with van der Waals surface area (Å²) >= 11 is 0. The van der Waals surface area contributed by atoms with Gasteiger partial charge in [0.1, 0.15) is 11.9 Å². The summed E-state index contributed by atoms with van der Waals surface area (Å²) in [5.41, 5.74) is 3.33. The predicted octanol–water partition coefficient (Wildman–Crippen LogP) is 10.2. The van der Waals surface area contributed by atoms with E-state index in [0.29, 0.717) is 6.42 Å². The molecule has 0 aliphatic heterocycles. The molecule has 0 saturated carbocycles. The Hall–Kier alpha value is -2.29. The number of carbonyl (C=O) groups excluding carboxylic acids is 1. The van der Waals surface area contributed by atoms with Crippen molar-refractivity contribution in [2.75, 3.05) is 6.61 Å². The van der Waals surface area contributed by atoms with E-state index in [-0.39, 0.29) is 12.1 Å². The maximum Gasteiger partial charge on any atom is 0.306 e. The van der Waals surface area contributed by atoms with Crippen molar-refractivity contribution in [1.82, 2.24) is 0 Å². The van der Waals surface area contributed by atoms with Crippen LogP contribution < -0.4 is 4.74 Å². The minimum Gasteiger partial charge on any atom is -0.494 e. The number of benzene rings is 2. The van der Waals surface area contributed by atoms with Gasteiger partial charge in [0.15, 0.2) is 0 Å². The van der Waals surface area contributed by atoms with E-state index in [0.717, 1.165) is 48.3 Å². The fourth-order valence-corrected chi connectivity index (χ4v) is 4.49. The first-order valence-electron chi connectivity index (χ1n) is 14.7. The monoisotopic (exact) mass is 494 g/mol. The molecule has 2 aromatic rings. The van der Waals surface area contributed by atoms with Crippen molar-refractivity contribution in [2.45, 2.75) is 123 Å². The molecule has 0 bridgehead atoms. The van der Waals surface area contributed by atoms with Gasteiger partial charge in [0, 0.05) is 6.42 Å². The quantitative estimate of drug-likeness (QED) is 0.136. The van der Waals surface area contributed by atoms with Gasteiger partial charge in [-0.3, -0.25) is 4.79 Å². The summed E-state index contributed by atoms with van der Waals surface area (Å²) in [6.07, 6.45) is 17.9. The number of hydrogen-bond acceptors (Lipinski definition) is 3. The van der Waals surface area contributed by atoms with E-state index in [1.165, 1.54) is 70.6 Å². The molecule has 0 heterocycles.